The van der Waals surface area contributed by atoms with E-state index in [9.17, 15) is 19.1 Å². The van der Waals surface area contributed by atoms with Gasteiger partial charge in [0.25, 0.3) is 0 Å². The molecule has 2 heterocycles. The van der Waals surface area contributed by atoms with E-state index in [1.165, 1.54) is 5.01 Å². The Kier molecular flexibility index (Phi) is 9.26. The molecule has 1 aromatic heterocycles. The summed E-state index contributed by atoms with van der Waals surface area (Å²) in [6.45, 7) is 5.35. The number of hydrogen-bond donors (Lipinski definition) is 4. The summed E-state index contributed by atoms with van der Waals surface area (Å²) >= 11 is 6.21. The normalized spacial score (nSPS) is 21.7. The number of nitrogens with zero attached hydrogens (tertiary/aromatic N) is 5. The highest BCUT2D eigenvalue weighted by atomic mass is 35.5. The number of benzene rings is 1. The molecule has 0 radical (unpaired) electrons. The Bertz CT molecular complexity index is 1170. The van der Waals surface area contributed by atoms with Crippen LogP contribution in [0.3, 0.4) is 0 Å². The summed E-state index contributed by atoms with van der Waals surface area (Å²) < 4.78 is 33.5. The van der Waals surface area contributed by atoms with Crippen molar-refractivity contribution in [3.63, 3.8) is 0 Å². The average Bonchev–Trinajstić information content (AvgIpc) is 3.14. The van der Waals surface area contributed by atoms with Gasteiger partial charge in [-0.05, 0) is 24.1 Å². The van der Waals surface area contributed by atoms with Gasteiger partial charge in [-0.1, -0.05) is 30.3 Å². The molecule has 36 heavy (non-hydrogen) atoms. The summed E-state index contributed by atoms with van der Waals surface area (Å²) in [4.78, 5) is 38.0. The molecule has 0 amide bonds. The maximum Gasteiger partial charge on any atom is 0.340 e. The van der Waals surface area contributed by atoms with Crippen LogP contribution >= 0.6 is 26.8 Å². The number of halogens is 1. The Balaban J connectivity index is 1.77. The predicted molar refractivity (Wildman–Crippen MR) is 134 cm³/mol. The molecule has 2 aromatic rings. The first-order chi connectivity index (χ1) is 16.8. The van der Waals surface area contributed by atoms with Gasteiger partial charge in [0, 0.05) is 32.3 Å². The molecule has 1 aliphatic heterocycles. The van der Waals surface area contributed by atoms with Gasteiger partial charge in [-0.2, -0.15) is 10.1 Å². The molecule has 1 unspecified atom stereocenters. The van der Waals surface area contributed by atoms with Crippen LogP contribution in [-0.4, -0.2) is 74.5 Å². The number of aliphatic hydroxyl groups excluding tert-OH is 1. The van der Waals surface area contributed by atoms with Crippen LogP contribution < -0.4 is 9.91 Å². The Morgan fingerprint density at radius 3 is 2.47 bits per heavy atom. The third-order valence-corrected chi connectivity index (χ3v) is 8.92. The van der Waals surface area contributed by atoms with E-state index >= 15 is 0 Å². The minimum atomic E-state index is -4.77. The van der Waals surface area contributed by atoms with Crippen molar-refractivity contribution in [2.24, 2.45) is 5.10 Å². The SMILES string of the molecule is C=NN(c1nc(Cl)nc(N(C)Cc2ccccc2)c1C)[C@@H]1O[C@H](COP(=O)(O)CP(=O)(O)O)C[C@H]1O. The molecule has 3 rings (SSSR count). The van der Waals surface area contributed by atoms with Crippen LogP contribution in [0.4, 0.5) is 11.6 Å². The molecule has 13 nitrogen and oxygen atoms in total. The predicted octanol–water partition coefficient (Wildman–Crippen LogP) is 2.31. The first-order valence-corrected chi connectivity index (χ1v) is 14.6. The van der Waals surface area contributed by atoms with Gasteiger partial charge in [-0.3, -0.25) is 9.13 Å². The van der Waals surface area contributed by atoms with Crippen LogP contribution in [0, 0.1) is 6.92 Å². The van der Waals surface area contributed by atoms with Crippen molar-refractivity contribution in [2.45, 2.75) is 38.3 Å². The van der Waals surface area contributed by atoms with Gasteiger partial charge in [0.05, 0.1) is 12.7 Å². The van der Waals surface area contributed by atoms with E-state index in [2.05, 4.69) is 21.8 Å². The number of ether oxygens (including phenoxy) is 1. The quantitative estimate of drug-likeness (QED) is 0.136. The van der Waals surface area contributed by atoms with Crippen LogP contribution in [0.1, 0.15) is 17.5 Å². The number of hydrazone groups is 1. The minimum absolute atomic E-state index is 0.00870. The summed E-state index contributed by atoms with van der Waals surface area (Å²) in [5.74, 6) is -0.565. The lowest BCUT2D eigenvalue weighted by molar-refractivity contribution is -0.00796. The number of rotatable bonds is 11. The lowest BCUT2D eigenvalue weighted by Crippen LogP contribution is -2.39. The van der Waals surface area contributed by atoms with Crippen molar-refractivity contribution in [3.8, 4) is 0 Å². The number of aliphatic hydroxyl groups is 1. The molecule has 0 aliphatic carbocycles. The van der Waals surface area contributed by atoms with Crippen LogP contribution in [-0.2, 0) is 24.9 Å². The van der Waals surface area contributed by atoms with Crippen LogP contribution in [0.5, 0.6) is 0 Å². The molecule has 1 fully saturated rings. The summed E-state index contributed by atoms with van der Waals surface area (Å²) in [7, 11) is -7.50. The van der Waals surface area contributed by atoms with Gasteiger partial charge in [0.1, 0.15) is 11.9 Å². The van der Waals surface area contributed by atoms with Crippen LogP contribution in [0.2, 0.25) is 5.28 Å². The summed E-state index contributed by atoms with van der Waals surface area (Å²) in [6.07, 6.45) is -3.09. The third kappa shape index (κ3) is 7.55. The van der Waals surface area contributed by atoms with Gasteiger partial charge in [-0.25, -0.2) is 9.99 Å². The Morgan fingerprint density at radius 1 is 1.22 bits per heavy atom. The Hall–Kier alpha value is -1.92. The highest BCUT2D eigenvalue weighted by Crippen LogP contribution is 2.55. The highest BCUT2D eigenvalue weighted by Gasteiger charge is 2.41. The molecule has 1 aliphatic rings. The van der Waals surface area contributed by atoms with Gasteiger partial charge in [0.2, 0.25) is 5.28 Å². The van der Waals surface area contributed by atoms with E-state index in [1.807, 2.05) is 42.3 Å². The molecule has 16 heteroatoms. The smallest absolute Gasteiger partial charge is 0.340 e. The second kappa shape index (κ2) is 11.6. The van der Waals surface area contributed by atoms with Crippen molar-refractivity contribution in [1.29, 1.82) is 0 Å². The number of anilines is 2. The highest BCUT2D eigenvalue weighted by molar-refractivity contribution is 7.70. The first-order valence-electron chi connectivity index (χ1n) is 10.7. The molecule has 4 N–H and O–H groups in total. The van der Waals surface area contributed by atoms with E-state index in [0.29, 0.717) is 17.9 Å². The lowest BCUT2D eigenvalue weighted by atomic mass is 10.2. The Morgan fingerprint density at radius 2 is 1.86 bits per heavy atom. The largest absolute Gasteiger partial charge is 0.388 e. The van der Waals surface area contributed by atoms with Crippen molar-refractivity contribution in [2.75, 3.05) is 29.5 Å². The molecule has 1 saturated heterocycles. The van der Waals surface area contributed by atoms with E-state index in [1.54, 1.807) is 6.92 Å². The maximum atomic E-state index is 11.9. The molecule has 0 saturated carbocycles. The zero-order chi connectivity index (χ0) is 26.7. The number of hydrogen-bond acceptors (Lipinski definition) is 10. The van der Waals surface area contributed by atoms with Crippen molar-refractivity contribution < 1.29 is 38.2 Å². The van der Waals surface area contributed by atoms with E-state index in [-0.39, 0.29) is 17.5 Å². The molecule has 4 atom stereocenters. The summed E-state index contributed by atoms with van der Waals surface area (Å²) in [5.41, 5.74) is 1.63. The zero-order valence-corrected chi connectivity index (χ0v) is 22.1. The first kappa shape index (κ1) is 28.6. The fourth-order valence-electron chi connectivity index (χ4n) is 3.79. The summed E-state index contributed by atoms with van der Waals surface area (Å²) in [5, 5.41) is 15.7. The fourth-order valence-corrected chi connectivity index (χ4v) is 6.54. The summed E-state index contributed by atoms with van der Waals surface area (Å²) in [6, 6.07) is 9.73. The lowest BCUT2D eigenvalue weighted by Gasteiger charge is -2.29. The zero-order valence-electron chi connectivity index (χ0n) is 19.6. The standard InChI is InChI=1S/C20H28ClN5O8P2/c1-13-17(25(3)10-14-7-5-4-6-8-14)23-20(21)24-18(13)26(22-2)19-16(27)9-15(34-19)11-33-36(31,32)12-35(28,29)30/h4-8,15-16,19,27H,2,9-12H2,1,3H3,(H,31,32)(H2,28,29,30)/t15-,16+,19+/m0/s1. The van der Waals surface area contributed by atoms with Crippen molar-refractivity contribution in [3.05, 3.63) is 46.7 Å². The fraction of sp³-hybridized carbons (Fsp3) is 0.450. The molecular weight excluding hydrogens is 536 g/mol. The van der Waals surface area contributed by atoms with Crippen molar-refractivity contribution >= 4 is 45.1 Å². The van der Waals surface area contributed by atoms with Gasteiger partial charge >= 0.3 is 15.2 Å². The van der Waals surface area contributed by atoms with Gasteiger partial charge in [0.15, 0.2) is 17.9 Å². The Labute approximate surface area is 213 Å². The van der Waals surface area contributed by atoms with E-state index < -0.39 is 46.1 Å². The molecule has 1 aromatic carbocycles. The second-order valence-corrected chi connectivity index (χ2v) is 12.6. The van der Waals surface area contributed by atoms with Gasteiger partial charge < -0.3 is 33.9 Å². The monoisotopic (exact) mass is 563 g/mol. The average molecular weight is 564 g/mol. The van der Waals surface area contributed by atoms with E-state index in [0.717, 1.165) is 5.56 Å². The molecule has 0 bridgehead atoms. The third-order valence-electron chi connectivity index (χ3n) is 5.29. The molecular formula is C20H28ClN5O8P2. The topological polar surface area (TPSA) is 178 Å². The second-order valence-electron chi connectivity index (χ2n) is 8.28. The number of aromatic nitrogens is 2. The minimum Gasteiger partial charge on any atom is -0.388 e. The molecule has 0 spiro atoms. The van der Waals surface area contributed by atoms with Crippen LogP contribution in [0.25, 0.3) is 0 Å². The van der Waals surface area contributed by atoms with Crippen LogP contribution in [0.15, 0.2) is 35.4 Å². The van der Waals surface area contributed by atoms with Crippen molar-refractivity contribution in [1.82, 2.24) is 9.97 Å². The molecule has 198 valence electrons. The van der Waals surface area contributed by atoms with Gasteiger partial charge in [-0.15, -0.1) is 0 Å². The maximum absolute atomic E-state index is 11.9. The van der Waals surface area contributed by atoms with E-state index in [4.69, 9.17) is 30.6 Å².